The van der Waals surface area contributed by atoms with Crippen LogP contribution in [0.2, 0.25) is 0 Å². The molecule has 1 saturated carbocycles. The second-order valence-corrected chi connectivity index (χ2v) is 12.7. The second kappa shape index (κ2) is 9.41. The third-order valence-electron chi connectivity index (χ3n) is 6.72. The van der Waals surface area contributed by atoms with Crippen LogP contribution in [0.5, 0.6) is 5.75 Å². The van der Waals surface area contributed by atoms with Gasteiger partial charge in [-0.2, -0.15) is 0 Å². The molecule has 1 amide bonds. The van der Waals surface area contributed by atoms with Crippen LogP contribution in [0.4, 0.5) is 4.79 Å². The van der Waals surface area contributed by atoms with E-state index >= 15 is 0 Å². The number of fused-ring (bicyclic) bond motifs is 2. The van der Waals surface area contributed by atoms with Crippen LogP contribution in [-0.2, 0) is 19.3 Å². The SMILES string of the molecule is CC(C)(C)OC(=O)N1[C@@H]2CC[C@H]1CC(OC1CCC(Oc3cncc(S(C)(=O)=O)c3)CC1)C2. The van der Waals surface area contributed by atoms with Crippen LogP contribution in [0, 0.1) is 0 Å². The molecule has 1 aromatic rings. The van der Waals surface area contributed by atoms with Gasteiger partial charge < -0.3 is 19.1 Å². The van der Waals surface area contributed by atoms with Crippen molar-refractivity contribution in [2.75, 3.05) is 6.26 Å². The molecule has 9 heteroatoms. The number of hydrogen-bond acceptors (Lipinski definition) is 7. The Morgan fingerprint density at radius 2 is 1.58 bits per heavy atom. The molecule has 2 aliphatic heterocycles. The first-order valence-corrected chi connectivity index (χ1v) is 13.9. The summed E-state index contributed by atoms with van der Waals surface area (Å²) >= 11 is 0. The van der Waals surface area contributed by atoms with Crippen molar-refractivity contribution < 1.29 is 27.4 Å². The summed E-state index contributed by atoms with van der Waals surface area (Å²) in [6, 6.07) is 1.95. The number of piperidine rings is 1. The average Bonchev–Trinajstić information content (AvgIpc) is 2.99. The van der Waals surface area contributed by atoms with E-state index < -0.39 is 15.4 Å². The van der Waals surface area contributed by atoms with E-state index in [4.69, 9.17) is 14.2 Å². The zero-order valence-electron chi connectivity index (χ0n) is 20.0. The van der Waals surface area contributed by atoms with Crippen molar-refractivity contribution in [3.63, 3.8) is 0 Å². The van der Waals surface area contributed by atoms with E-state index in [1.165, 1.54) is 12.5 Å². The van der Waals surface area contributed by atoms with Gasteiger partial charge in [-0.3, -0.25) is 4.98 Å². The Morgan fingerprint density at radius 3 is 2.15 bits per heavy atom. The maximum Gasteiger partial charge on any atom is 0.410 e. The number of ether oxygens (including phenoxy) is 3. The first-order chi connectivity index (χ1) is 15.5. The monoisotopic (exact) mass is 480 g/mol. The molecule has 0 spiro atoms. The van der Waals surface area contributed by atoms with Crippen molar-refractivity contribution in [2.24, 2.45) is 0 Å². The van der Waals surface area contributed by atoms with E-state index in [-0.39, 0.29) is 41.4 Å². The summed E-state index contributed by atoms with van der Waals surface area (Å²) in [6.45, 7) is 5.71. The van der Waals surface area contributed by atoms with E-state index in [9.17, 15) is 13.2 Å². The number of carbonyl (C=O) groups is 1. The van der Waals surface area contributed by atoms with Crippen molar-refractivity contribution in [2.45, 2.75) is 113 Å². The molecule has 2 saturated heterocycles. The van der Waals surface area contributed by atoms with Crippen LogP contribution >= 0.6 is 0 Å². The van der Waals surface area contributed by atoms with Gasteiger partial charge in [0, 0.05) is 30.6 Å². The molecule has 1 unspecified atom stereocenters. The molecule has 3 atom stereocenters. The highest BCUT2D eigenvalue weighted by molar-refractivity contribution is 7.90. The van der Waals surface area contributed by atoms with Gasteiger partial charge in [0.2, 0.25) is 0 Å². The Balaban J connectivity index is 1.25. The molecule has 3 aliphatic rings. The minimum absolute atomic E-state index is 0.0339. The second-order valence-electron chi connectivity index (χ2n) is 10.6. The van der Waals surface area contributed by atoms with E-state index in [0.29, 0.717) is 5.75 Å². The molecule has 8 nitrogen and oxygen atoms in total. The van der Waals surface area contributed by atoms with Gasteiger partial charge in [-0.1, -0.05) is 0 Å². The fourth-order valence-electron chi connectivity index (χ4n) is 5.27. The van der Waals surface area contributed by atoms with E-state index in [0.717, 1.165) is 51.4 Å². The molecule has 2 bridgehead atoms. The molecule has 33 heavy (non-hydrogen) atoms. The van der Waals surface area contributed by atoms with E-state index in [1.54, 1.807) is 12.3 Å². The Kier molecular flexibility index (Phi) is 6.92. The maximum atomic E-state index is 12.6. The van der Waals surface area contributed by atoms with Crippen molar-refractivity contribution >= 4 is 15.9 Å². The van der Waals surface area contributed by atoms with Gasteiger partial charge in [0.1, 0.15) is 11.4 Å². The summed E-state index contributed by atoms with van der Waals surface area (Å²) < 4.78 is 41.6. The Hall–Kier alpha value is -1.87. The summed E-state index contributed by atoms with van der Waals surface area (Å²) in [5, 5.41) is 0. The molecule has 0 aromatic carbocycles. The number of amides is 1. The highest BCUT2D eigenvalue weighted by Gasteiger charge is 2.45. The number of pyridine rings is 1. The van der Waals surface area contributed by atoms with Gasteiger partial charge >= 0.3 is 6.09 Å². The van der Waals surface area contributed by atoms with Crippen LogP contribution in [0.3, 0.4) is 0 Å². The van der Waals surface area contributed by atoms with Crippen LogP contribution in [0.25, 0.3) is 0 Å². The lowest BCUT2D eigenvalue weighted by Crippen LogP contribution is -2.50. The van der Waals surface area contributed by atoms with E-state index in [2.05, 4.69) is 4.98 Å². The lowest BCUT2D eigenvalue weighted by atomic mass is 9.93. The van der Waals surface area contributed by atoms with Gasteiger partial charge in [-0.05, 0) is 72.1 Å². The molecule has 4 rings (SSSR count). The van der Waals surface area contributed by atoms with Crippen LogP contribution in [0.15, 0.2) is 23.4 Å². The fourth-order valence-corrected chi connectivity index (χ4v) is 5.85. The van der Waals surface area contributed by atoms with Gasteiger partial charge in [-0.25, -0.2) is 13.2 Å². The third kappa shape index (κ3) is 6.18. The normalized spacial score (nSPS) is 30.2. The van der Waals surface area contributed by atoms with Crippen LogP contribution < -0.4 is 4.74 Å². The number of nitrogens with zero attached hydrogens (tertiary/aromatic N) is 2. The maximum absolute atomic E-state index is 12.6. The molecule has 1 aliphatic carbocycles. The summed E-state index contributed by atoms with van der Waals surface area (Å²) in [7, 11) is -3.31. The first-order valence-electron chi connectivity index (χ1n) is 12.0. The largest absolute Gasteiger partial charge is 0.489 e. The molecule has 1 aromatic heterocycles. The number of carbonyl (C=O) groups excluding carboxylic acids is 1. The molecule has 3 fully saturated rings. The predicted octanol–water partition coefficient (Wildman–Crippen LogP) is 4.12. The number of rotatable bonds is 5. The number of sulfone groups is 1. The summed E-state index contributed by atoms with van der Waals surface area (Å²) in [4.78, 5) is 18.8. The van der Waals surface area contributed by atoms with Crippen molar-refractivity contribution in [1.29, 1.82) is 0 Å². The summed E-state index contributed by atoms with van der Waals surface area (Å²) in [6.07, 6.45) is 11.6. The molecular weight excluding hydrogens is 444 g/mol. The highest BCUT2D eigenvalue weighted by Crippen LogP contribution is 2.39. The average molecular weight is 481 g/mol. The summed E-state index contributed by atoms with van der Waals surface area (Å²) in [5.41, 5.74) is -0.479. The molecular formula is C24H36N2O6S. The van der Waals surface area contributed by atoms with Gasteiger partial charge in [0.25, 0.3) is 0 Å². The van der Waals surface area contributed by atoms with Crippen LogP contribution in [-0.4, -0.2) is 66.6 Å². The summed E-state index contributed by atoms with van der Waals surface area (Å²) in [5.74, 6) is 0.494. The van der Waals surface area contributed by atoms with Crippen LogP contribution in [0.1, 0.15) is 72.1 Å². The Labute approximate surface area is 196 Å². The lowest BCUT2D eigenvalue weighted by Gasteiger charge is -2.41. The standard InChI is InChI=1S/C24H36N2O6S/c1-24(2,3)32-23(27)26-16-5-6-17(26)12-20(11-16)30-18-7-9-19(10-8-18)31-21-13-22(15-25-14-21)33(4,28)29/h13-20H,5-12H2,1-4H3/t16-,17+,18?,19?,20?. The van der Waals surface area contributed by atoms with Gasteiger partial charge in [0.05, 0.1) is 29.4 Å². The van der Waals surface area contributed by atoms with Gasteiger partial charge in [-0.15, -0.1) is 0 Å². The first kappa shape index (κ1) is 24.3. The zero-order valence-corrected chi connectivity index (χ0v) is 20.8. The molecule has 0 radical (unpaired) electrons. The molecule has 0 N–H and O–H groups in total. The zero-order chi connectivity index (χ0) is 23.8. The molecule has 3 heterocycles. The molecule has 184 valence electrons. The minimum Gasteiger partial charge on any atom is -0.489 e. The van der Waals surface area contributed by atoms with Crippen molar-refractivity contribution in [3.05, 3.63) is 18.5 Å². The Morgan fingerprint density at radius 1 is 0.970 bits per heavy atom. The third-order valence-corrected chi connectivity index (χ3v) is 7.80. The number of hydrogen-bond donors (Lipinski definition) is 0. The fraction of sp³-hybridized carbons (Fsp3) is 0.750. The smallest absolute Gasteiger partial charge is 0.410 e. The quantitative estimate of drug-likeness (QED) is 0.625. The highest BCUT2D eigenvalue weighted by atomic mass is 32.2. The topological polar surface area (TPSA) is 95.0 Å². The van der Waals surface area contributed by atoms with Crippen molar-refractivity contribution in [1.82, 2.24) is 9.88 Å². The minimum atomic E-state index is -3.31. The number of aromatic nitrogens is 1. The Bertz CT molecular complexity index is 938. The van der Waals surface area contributed by atoms with Crippen molar-refractivity contribution in [3.8, 4) is 5.75 Å². The predicted molar refractivity (Wildman–Crippen MR) is 123 cm³/mol. The lowest BCUT2D eigenvalue weighted by molar-refractivity contribution is -0.0813. The van der Waals surface area contributed by atoms with E-state index in [1.807, 2.05) is 25.7 Å². The van der Waals surface area contributed by atoms with Gasteiger partial charge in [0.15, 0.2) is 9.84 Å².